The molecule has 1 aliphatic carbocycles. The molecule has 136 valence electrons. The van der Waals surface area contributed by atoms with Crippen molar-refractivity contribution in [3.63, 3.8) is 0 Å². The van der Waals surface area contributed by atoms with Gasteiger partial charge in [-0.1, -0.05) is 25.2 Å². The van der Waals surface area contributed by atoms with E-state index in [2.05, 4.69) is 29.1 Å². The van der Waals surface area contributed by atoms with E-state index in [9.17, 15) is 0 Å². The van der Waals surface area contributed by atoms with E-state index in [-0.39, 0.29) is 0 Å². The van der Waals surface area contributed by atoms with Crippen LogP contribution in [0.1, 0.15) is 57.8 Å². The zero-order chi connectivity index (χ0) is 16.9. The highest BCUT2D eigenvalue weighted by molar-refractivity contribution is 7.98. The van der Waals surface area contributed by atoms with Gasteiger partial charge in [0.15, 0.2) is 0 Å². The van der Waals surface area contributed by atoms with Crippen LogP contribution in [0, 0.1) is 5.41 Å². The van der Waals surface area contributed by atoms with E-state index in [1.807, 2.05) is 17.8 Å². The van der Waals surface area contributed by atoms with Crippen LogP contribution < -0.4 is 5.32 Å². The van der Waals surface area contributed by atoms with Crippen molar-refractivity contribution in [3.8, 4) is 0 Å². The monoisotopic (exact) mass is 348 g/mol. The number of likely N-dealkylation sites (tertiary alicyclic amines) is 1. The number of allylic oxidation sites excluding steroid dienone is 2. The molecule has 2 aliphatic heterocycles. The Morgan fingerprint density at radius 2 is 1.71 bits per heavy atom. The van der Waals surface area contributed by atoms with Gasteiger partial charge in [-0.25, -0.2) is 0 Å². The van der Waals surface area contributed by atoms with Gasteiger partial charge in [-0.2, -0.15) is 11.8 Å². The predicted octanol–water partition coefficient (Wildman–Crippen LogP) is 4.63. The first-order chi connectivity index (χ1) is 11.7. The fourth-order valence-electron chi connectivity index (χ4n) is 5.45. The van der Waals surface area contributed by atoms with Crippen molar-refractivity contribution in [1.29, 1.82) is 0 Å². The summed E-state index contributed by atoms with van der Waals surface area (Å²) in [5, 5.41) is 3.57. The third kappa shape index (κ3) is 3.78. The van der Waals surface area contributed by atoms with E-state index in [1.54, 1.807) is 5.57 Å². The molecule has 0 aromatic carbocycles. The molecular weight excluding hydrogens is 312 g/mol. The largest absolute Gasteiger partial charge is 0.317 e. The number of hydrogen-bond acceptors (Lipinski definition) is 3. The SMILES string of the molecule is C=C/C=C(\CSC)C1(N2CCCCC2)CCC2(CCNCC2)CC1. The molecule has 3 fully saturated rings. The van der Waals surface area contributed by atoms with Gasteiger partial charge < -0.3 is 5.32 Å². The van der Waals surface area contributed by atoms with Crippen molar-refractivity contribution < 1.29 is 0 Å². The minimum atomic E-state index is 0.327. The van der Waals surface area contributed by atoms with Crippen LogP contribution in [0.2, 0.25) is 0 Å². The van der Waals surface area contributed by atoms with Crippen molar-refractivity contribution in [2.45, 2.75) is 63.3 Å². The molecule has 1 N–H and O–H groups in total. The minimum absolute atomic E-state index is 0.327. The molecule has 2 saturated heterocycles. The zero-order valence-corrected chi connectivity index (χ0v) is 16.4. The second-order valence-electron chi connectivity index (χ2n) is 8.19. The molecule has 0 amide bonds. The van der Waals surface area contributed by atoms with Crippen LogP contribution in [0.25, 0.3) is 0 Å². The highest BCUT2D eigenvalue weighted by atomic mass is 32.2. The second-order valence-corrected chi connectivity index (χ2v) is 9.06. The molecule has 0 aromatic rings. The number of nitrogens with one attached hydrogen (secondary N) is 1. The van der Waals surface area contributed by atoms with Crippen LogP contribution in [-0.4, -0.2) is 48.6 Å². The Kier molecular flexibility index (Phi) is 6.50. The average Bonchev–Trinajstić information content (AvgIpc) is 2.64. The summed E-state index contributed by atoms with van der Waals surface area (Å²) in [4.78, 5) is 2.87. The van der Waals surface area contributed by atoms with Gasteiger partial charge in [-0.15, -0.1) is 0 Å². The summed E-state index contributed by atoms with van der Waals surface area (Å²) in [6.45, 7) is 9.10. The molecule has 0 atom stereocenters. The fourth-order valence-corrected chi connectivity index (χ4v) is 6.12. The standard InChI is InChI=1S/C21H36N2S/c1-3-7-19(18-24-2)21(23-16-5-4-6-17-23)10-8-20(9-11-21)12-14-22-15-13-20/h3,7,22H,1,4-6,8-18H2,2H3/b19-7+. The predicted molar refractivity (Wildman–Crippen MR) is 108 cm³/mol. The smallest absolute Gasteiger partial charge is 0.0432 e. The summed E-state index contributed by atoms with van der Waals surface area (Å²) >= 11 is 1.98. The Morgan fingerprint density at radius 1 is 1.04 bits per heavy atom. The van der Waals surface area contributed by atoms with Gasteiger partial charge in [0.05, 0.1) is 0 Å². The van der Waals surface area contributed by atoms with E-state index in [1.165, 1.54) is 84.0 Å². The number of nitrogens with zero attached hydrogens (tertiary/aromatic N) is 1. The summed E-state index contributed by atoms with van der Waals surface area (Å²) < 4.78 is 0. The molecule has 0 aromatic heterocycles. The minimum Gasteiger partial charge on any atom is -0.317 e. The molecule has 0 unspecified atom stereocenters. The number of rotatable bonds is 5. The summed E-state index contributed by atoms with van der Waals surface area (Å²) in [7, 11) is 0. The van der Waals surface area contributed by atoms with E-state index >= 15 is 0 Å². The summed E-state index contributed by atoms with van der Waals surface area (Å²) in [6.07, 6.45) is 19.2. The molecule has 1 spiro atoms. The average molecular weight is 349 g/mol. The lowest BCUT2D eigenvalue weighted by molar-refractivity contribution is 0.00804. The maximum atomic E-state index is 4.02. The van der Waals surface area contributed by atoms with Gasteiger partial charge in [0, 0.05) is 11.3 Å². The Morgan fingerprint density at radius 3 is 2.29 bits per heavy atom. The summed E-state index contributed by atoms with van der Waals surface area (Å²) in [5.41, 5.74) is 2.62. The normalized spacial score (nSPS) is 28.0. The highest BCUT2D eigenvalue weighted by Gasteiger charge is 2.47. The molecule has 1 saturated carbocycles. The first kappa shape index (κ1) is 18.5. The molecule has 0 bridgehead atoms. The van der Waals surface area contributed by atoms with Crippen molar-refractivity contribution in [2.75, 3.05) is 38.2 Å². The molecule has 2 heterocycles. The van der Waals surface area contributed by atoms with Gasteiger partial charge >= 0.3 is 0 Å². The van der Waals surface area contributed by atoms with Gasteiger partial charge in [0.2, 0.25) is 0 Å². The Balaban J connectivity index is 1.83. The van der Waals surface area contributed by atoms with Crippen LogP contribution in [0.3, 0.4) is 0 Å². The molecule has 2 nitrogen and oxygen atoms in total. The Bertz CT molecular complexity index is 435. The second kappa shape index (κ2) is 8.42. The van der Waals surface area contributed by atoms with E-state index in [4.69, 9.17) is 0 Å². The fraction of sp³-hybridized carbons (Fsp3) is 0.810. The van der Waals surface area contributed by atoms with Crippen LogP contribution in [0.15, 0.2) is 24.3 Å². The van der Waals surface area contributed by atoms with E-state index in [0.29, 0.717) is 11.0 Å². The topological polar surface area (TPSA) is 15.3 Å². The van der Waals surface area contributed by atoms with Gasteiger partial charge in [-0.3, -0.25) is 4.90 Å². The van der Waals surface area contributed by atoms with Crippen LogP contribution in [0.5, 0.6) is 0 Å². The third-order valence-corrected chi connectivity index (χ3v) is 7.58. The maximum absolute atomic E-state index is 4.02. The number of piperidine rings is 2. The summed E-state index contributed by atoms with van der Waals surface area (Å²) in [6, 6.07) is 0. The van der Waals surface area contributed by atoms with Crippen LogP contribution in [0.4, 0.5) is 0 Å². The molecule has 24 heavy (non-hydrogen) atoms. The Hall–Kier alpha value is -0.250. The quantitative estimate of drug-likeness (QED) is 0.729. The highest BCUT2D eigenvalue weighted by Crippen LogP contribution is 2.51. The van der Waals surface area contributed by atoms with Crippen molar-refractivity contribution >= 4 is 11.8 Å². The Labute approximate surface area is 153 Å². The molecule has 3 aliphatic rings. The van der Waals surface area contributed by atoms with E-state index in [0.717, 1.165) is 5.75 Å². The van der Waals surface area contributed by atoms with Crippen LogP contribution in [-0.2, 0) is 0 Å². The number of hydrogen-bond donors (Lipinski definition) is 1. The van der Waals surface area contributed by atoms with Crippen LogP contribution >= 0.6 is 11.8 Å². The van der Waals surface area contributed by atoms with Crippen molar-refractivity contribution in [3.05, 3.63) is 24.3 Å². The molecule has 3 heteroatoms. The summed E-state index contributed by atoms with van der Waals surface area (Å²) in [5.74, 6) is 1.16. The van der Waals surface area contributed by atoms with E-state index < -0.39 is 0 Å². The molecule has 3 rings (SSSR count). The first-order valence-electron chi connectivity index (χ1n) is 10.0. The molecular formula is C21H36N2S. The van der Waals surface area contributed by atoms with Gasteiger partial charge in [0.1, 0.15) is 0 Å². The lowest BCUT2D eigenvalue weighted by atomic mass is 9.61. The van der Waals surface area contributed by atoms with Crippen molar-refractivity contribution in [1.82, 2.24) is 10.2 Å². The zero-order valence-electron chi connectivity index (χ0n) is 15.6. The third-order valence-electron chi connectivity index (χ3n) is 6.98. The lowest BCUT2D eigenvalue weighted by Gasteiger charge is -2.55. The van der Waals surface area contributed by atoms with Gasteiger partial charge in [-0.05, 0) is 94.8 Å². The number of thioether (sulfide) groups is 1. The maximum Gasteiger partial charge on any atom is 0.0432 e. The van der Waals surface area contributed by atoms with Crippen molar-refractivity contribution in [2.24, 2.45) is 5.41 Å². The van der Waals surface area contributed by atoms with Gasteiger partial charge in [0.25, 0.3) is 0 Å². The molecule has 0 radical (unpaired) electrons. The lowest BCUT2D eigenvalue weighted by Crippen LogP contribution is -2.56. The first-order valence-corrected chi connectivity index (χ1v) is 11.4.